The van der Waals surface area contributed by atoms with Crippen LogP contribution in [0.25, 0.3) is 0 Å². The van der Waals surface area contributed by atoms with Crippen molar-refractivity contribution in [1.82, 2.24) is 10.2 Å². The Balaban J connectivity index is 3.16. The number of hydrogen-bond donors (Lipinski definition) is 3. The summed E-state index contributed by atoms with van der Waals surface area (Å²) < 4.78 is 0. The largest absolute Gasteiger partial charge is 0.403 e. The van der Waals surface area contributed by atoms with E-state index in [9.17, 15) is 4.79 Å². The van der Waals surface area contributed by atoms with E-state index in [2.05, 4.69) is 41.0 Å². The summed E-state index contributed by atoms with van der Waals surface area (Å²) in [5.41, 5.74) is 13.2. The highest BCUT2D eigenvalue weighted by Crippen LogP contribution is 2.16. The zero-order valence-corrected chi connectivity index (χ0v) is 16.0. The van der Waals surface area contributed by atoms with Gasteiger partial charge in [0.2, 0.25) is 5.91 Å². The van der Waals surface area contributed by atoms with Crippen LogP contribution in [0.1, 0.15) is 33.1 Å². The maximum atomic E-state index is 12.9. The maximum Gasteiger partial charge on any atom is 0.250 e. The lowest BCUT2D eigenvalue weighted by molar-refractivity contribution is -0.127. The lowest BCUT2D eigenvalue weighted by Gasteiger charge is -2.22. The summed E-state index contributed by atoms with van der Waals surface area (Å²) in [6.07, 6.45) is 5.18. The average Bonchev–Trinajstić information content (AvgIpc) is 2.79. The van der Waals surface area contributed by atoms with E-state index in [1.807, 2.05) is 11.9 Å². The monoisotopic (exact) mass is 358 g/mol. The van der Waals surface area contributed by atoms with Crippen molar-refractivity contribution in [2.24, 2.45) is 21.5 Å². The van der Waals surface area contributed by atoms with E-state index in [4.69, 9.17) is 11.5 Å². The molecule has 26 heavy (non-hydrogen) atoms. The second-order valence-corrected chi connectivity index (χ2v) is 5.88. The van der Waals surface area contributed by atoms with Crippen LogP contribution in [0.4, 0.5) is 0 Å². The van der Waals surface area contributed by atoms with Gasteiger partial charge in [-0.25, -0.2) is 4.99 Å². The number of amides is 1. The second-order valence-electron chi connectivity index (χ2n) is 5.88. The first-order valence-electron chi connectivity index (χ1n) is 8.97. The van der Waals surface area contributed by atoms with Gasteiger partial charge in [-0.05, 0) is 26.0 Å². The van der Waals surface area contributed by atoms with Crippen LogP contribution < -0.4 is 16.8 Å². The normalized spacial score (nSPS) is 17.2. The molecule has 0 saturated heterocycles. The fraction of sp³-hybridized carbons (Fsp3) is 0.526. The molecular weight excluding hydrogens is 328 g/mol. The van der Waals surface area contributed by atoms with E-state index in [1.165, 1.54) is 6.20 Å². The third-order valence-electron chi connectivity index (χ3n) is 3.63. The van der Waals surface area contributed by atoms with E-state index in [0.29, 0.717) is 49.0 Å². The van der Waals surface area contributed by atoms with E-state index in [1.54, 1.807) is 6.08 Å². The summed E-state index contributed by atoms with van der Waals surface area (Å²) >= 11 is 0. The predicted octanol–water partition coefficient (Wildman–Crippen LogP) is 0.786. The molecule has 1 rings (SSSR count). The molecule has 0 radical (unpaired) electrons. The number of rotatable bonds is 7. The highest BCUT2D eigenvalue weighted by atomic mass is 16.2. The Labute approximate surface area is 156 Å². The molecule has 1 amide bonds. The third-order valence-corrected chi connectivity index (χ3v) is 3.63. The van der Waals surface area contributed by atoms with Crippen LogP contribution >= 0.6 is 0 Å². The van der Waals surface area contributed by atoms with Crippen LogP contribution in [0.3, 0.4) is 0 Å². The van der Waals surface area contributed by atoms with Gasteiger partial charge in [0.15, 0.2) is 0 Å². The van der Waals surface area contributed by atoms with Crippen LogP contribution in [0.5, 0.6) is 0 Å². The number of nitrogens with two attached hydrogens (primary N) is 2. The van der Waals surface area contributed by atoms with Crippen molar-refractivity contribution in [2.75, 3.05) is 33.2 Å². The number of carbonyl (C=O) groups excluding carboxylic acids is 1. The van der Waals surface area contributed by atoms with E-state index < -0.39 is 0 Å². The zero-order valence-electron chi connectivity index (χ0n) is 16.0. The van der Waals surface area contributed by atoms with Crippen molar-refractivity contribution >= 4 is 17.5 Å². The number of carbonyl (C=O) groups is 1. The van der Waals surface area contributed by atoms with Crippen LogP contribution in [0.2, 0.25) is 0 Å². The highest BCUT2D eigenvalue weighted by molar-refractivity contribution is 6.16. The van der Waals surface area contributed by atoms with Crippen LogP contribution in [0, 0.1) is 11.8 Å². The van der Waals surface area contributed by atoms with E-state index in [-0.39, 0.29) is 12.3 Å². The number of allylic oxidation sites excluding steroid dienone is 1. The van der Waals surface area contributed by atoms with Gasteiger partial charge in [0.1, 0.15) is 18.1 Å². The molecule has 0 bridgehead atoms. The summed E-state index contributed by atoms with van der Waals surface area (Å²) in [6.45, 7) is 6.43. The molecule has 0 spiro atoms. The van der Waals surface area contributed by atoms with Crippen molar-refractivity contribution in [3.63, 3.8) is 0 Å². The van der Waals surface area contributed by atoms with E-state index in [0.717, 1.165) is 12.8 Å². The molecule has 1 aliphatic rings. The molecule has 0 aromatic carbocycles. The van der Waals surface area contributed by atoms with Gasteiger partial charge >= 0.3 is 0 Å². The molecule has 0 unspecified atom stereocenters. The molecule has 5 N–H and O–H groups in total. The molecule has 0 saturated carbocycles. The van der Waals surface area contributed by atoms with Gasteiger partial charge in [-0.2, -0.15) is 0 Å². The first kappa shape index (κ1) is 21.5. The van der Waals surface area contributed by atoms with Gasteiger partial charge in [-0.15, -0.1) is 0 Å². The minimum absolute atomic E-state index is 0.0286. The highest BCUT2D eigenvalue weighted by Gasteiger charge is 2.22. The molecule has 0 aliphatic carbocycles. The van der Waals surface area contributed by atoms with Crippen molar-refractivity contribution in [1.29, 1.82) is 0 Å². The minimum atomic E-state index is -0.0286. The Morgan fingerprint density at radius 2 is 2.08 bits per heavy atom. The molecule has 0 aromatic heterocycles. The molecule has 142 valence electrons. The summed E-state index contributed by atoms with van der Waals surface area (Å²) in [5, 5.41) is 2.95. The first-order valence-corrected chi connectivity index (χ1v) is 8.97. The molecular formula is C19H30N6O. The predicted molar refractivity (Wildman–Crippen MR) is 108 cm³/mol. The second kappa shape index (κ2) is 11.9. The number of nitrogens with zero attached hydrogens (tertiary/aromatic N) is 3. The fourth-order valence-corrected chi connectivity index (χ4v) is 2.51. The van der Waals surface area contributed by atoms with Gasteiger partial charge in [0, 0.05) is 31.3 Å². The Kier molecular flexibility index (Phi) is 9.80. The number of aliphatic imine (C=N–C) groups is 2. The van der Waals surface area contributed by atoms with Gasteiger partial charge in [-0.3, -0.25) is 9.79 Å². The quantitative estimate of drug-likeness (QED) is 0.584. The summed E-state index contributed by atoms with van der Waals surface area (Å²) in [4.78, 5) is 23.5. The zero-order chi connectivity index (χ0) is 19.4. The molecule has 7 nitrogen and oxygen atoms in total. The fourth-order valence-electron chi connectivity index (χ4n) is 2.51. The Hall–Kier alpha value is -2.59. The van der Waals surface area contributed by atoms with Gasteiger partial charge < -0.3 is 21.7 Å². The molecule has 1 aliphatic heterocycles. The topological polar surface area (TPSA) is 109 Å². The lowest BCUT2D eigenvalue weighted by Crippen LogP contribution is -2.34. The number of nitrogens with one attached hydrogen (secondary N) is 1. The average molecular weight is 358 g/mol. The standard InChI is InChI=1S/C19H30N6O/c1-4-10-25(11-5-2)19(26)15-12-16(23-9-7-6-8-22-3)17(14-20)24-18(21)13-15/h12,14,22H,4-5,8-11,13,20H2,1-3H3,(H2,21,24)/b17-14+,23-16?. The summed E-state index contributed by atoms with van der Waals surface area (Å²) in [5.74, 6) is 6.21. The number of amidine groups is 1. The van der Waals surface area contributed by atoms with Crippen molar-refractivity contribution < 1.29 is 4.79 Å². The van der Waals surface area contributed by atoms with Crippen LogP contribution in [0.15, 0.2) is 33.5 Å². The number of hydrogen-bond acceptors (Lipinski definition) is 6. The molecule has 7 heteroatoms. The molecule has 0 fully saturated rings. The summed E-state index contributed by atoms with van der Waals surface area (Å²) in [6, 6.07) is 0. The molecule has 1 heterocycles. The molecule has 0 aromatic rings. The first-order chi connectivity index (χ1) is 12.6. The Morgan fingerprint density at radius 3 is 2.65 bits per heavy atom. The van der Waals surface area contributed by atoms with Crippen LogP contribution in [-0.4, -0.2) is 55.6 Å². The lowest BCUT2D eigenvalue weighted by atomic mass is 10.1. The van der Waals surface area contributed by atoms with Crippen LogP contribution in [-0.2, 0) is 4.79 Å². The van der Waals surface area contributed by atoms with Crippen molar-refractivity contribution in [3.8, 4) is 11.8 Å². The third kappa shape index (κ3) is 6.73. The smallest absolute Gasteiger partial charge is 0.250 e. The summed E-state index contributed by atoms with van der Waals surface area (Å²) in [7, 11) is 1.83. The maximum absolute atomic E-state index is 12.9. The van der Waals surface area contributed by atoms with Gasteiger partial charge in [0.25, 0.3) is 0 Å². The van der Waals surface area contributed by atoms with Crippen molar-refractivity contribution in [2.45, 2.75) is 33.1 Å². The van der Waals surface area contributed by atoms with Crippen molar-refractivity contribution in [3.05, 3.63) is 23.5 Å². The van der Waals surface area contributed by atoms with Gasteiger partial charge in [-0.1, -0.05) is 25.7 Å². The van der Waals surface area contributed by atoms with Gasteiger partial charge in [0.05, 0.1) is 12.3 Å². The molecule has 0 atom stereocenters. The Bertz CT molecular complexity index is 657. The Morgan fingerprint density at radius 1 is 1.38 bits per heavy atom. The SMILES string of the molecule is CCCN(CCC)C(=O)C1=CC(=NCC#CCNC)/C(=C\N)N=C(N)C1. The van der Waals surface area contributed by atoms with E-state index >= 15 is 0 Å². The minimum Gasteiger partial charge on any atom is -0.403 e.